The summed E-state index contributed by atoms with van der Waals surface area (Å²) in [6.45, 7) is 6.82. The Morgan fingerprint density at radius 2 is 1.89 bits per heavy atom. The molecule has 0 radical (unpaired) electrons. The van der Waals surface area contributed by atoms with E-state index in [9.17, 15) is 9.90 Å². The van der Waals surface area contributed by atoms with E-state index in [0.717, 1.165) is 62.3 Å². The van der Waals surface area contributed by atoms with E-state index in [1.165, 1.54) is 71.7 Å². The number of carboxylic acids is 1. The molecule has 0 spiro atoms. The predicted octanol–water partition coefficient (Wildman–Crippen LogP) is 5.81. The number of hydrogen-bond acceptors (Lipinski definition) is 6. The van der Waals surface area contributed by atoms with Crippen molar-refractivity contribution in [2.45, 2.75) is 38.5 Å². The molecular formula is C28H36Cl3N3O3S. The number of thioether (sulfide) groups is 1. The van der Waals surface area contributed by atoms with Gasteiger partial charge in [-0.2, -0.15) is 0 Å². The average Bonchev–Trinajstić information content (AvgIpc) is 3.21. The summed E-state index contributed by atoms with van der Waals surface area (Å²) in [6, 6.07) is 0. The highest BCUT2D eigenvalue weighted by molar-refractivity contribution is 8.19. The van der Waals surface area contributed by atoms with E-state index in [2.05, 4.69) is 33.1 Å². The molecule has 10 heteroatoms. The van der Waals surface area contributed by atoms with Crippen LogP contribution < -0.4 is 0 Å². The fourth-order valence-corrected chi connectivity index (χ4v) is 7.87. The number of rotatable bonds is 5. The molecule has 0 bridgehead atoms. The van der Waals surface area contributed by atoms with Crippen molar-refractivity contribution in [2.24, 2.45) is 16.8 Å². The molecule has 1 unspecified atom stereocenters. The van der Waals surface area contributed by atoms with Gasteiger partial charge in [-0.15, -0.1) is 24.8 Å². The Balaban J connectivity index is 0.00000168. The summed E-state index contributed by atoms with van der Waals surface area (Å²) in [4.78, 5) is 22.4. The zero-order chi connectivity index (χ0) is 24.6. The summed E-state index contributed by atoms with van der Waals surface area (Å²) in [5.41, 5.74) is 6.52. The van der Waals surface area contributed by atoms with Crippen molar-refractivity contribution in [3.63, 3.8) is 0 Å². The molecule has 1 saturated heterocycles. The monoisotopic (exact) mass is 599 g/mol. The summed E-state index contributed by atoms with van der Waals surface area (Å²) in [6.07, 6.45) is 13.9. The average molecular weight is 601 g/mol. The molecule has 3 aliphatic heterocycles. The lowest BCUT2D eigenvalue weighted by Crippen LogP contribution is -2.35. The lowest BCUT2D eigenvalue weighted by Gasteiger charge is -2.28. The van der Waals surface area contributed by atoms with Gasteiger partial charge in [0.25, 0.3) is 0 Å². The van der Waals surface area contributed by atoms with Crippen LogP contribution >= 0.6 is 48.2 Å². The minimum atomic E-state index is -0.934. The summed E-state index contributed by atoms with van der Waals surface area (Å²) >= 11 is 8.23. The Bertz CT molecular complexity index is 1130. The molecule has 6 aliphatic rings. The van der Waals surface area contributed by atoms with Gasteiger partial charge in [0.1, 0.15) is 0 Å². The fraction of sp³-hybridized carbons (Fsp3) is 0.571. The van der Waals surface area contributed by atoms with E-state index in [0.29, 0.717) is 12.5 Å². The molecule has 6 rings (SSSR count). The Kier molecular flexibility index (Phi) is 10.2. The minimum Gasteiger partial charge on any atom is -0.476 e. The van der Waals surface area contributed by atoms with Crippen molar-refractivity contribution in [3.8, 4) is 0 Å². The highest BCUT2D eigenvalue weighted by Gasteiger charge is 2.44. The Hall–Kier alpha value is -1.22. The fourth-order valence-electron chi connectivity index (χ4n) is 6.56. The van der Waals surface area contributed by atoms with Crippen LogP contribution in [0.25, 0.3) is 0 Å². The van der Waals surface area contributed by atoms with Crippen LogP contribution in [0.4, 0.5) is 0 Å². The van der Waals surface area contributed by atoms with Crippen LogP contribution in [0.15, 0.2) is 61.1 Å². The van der Waals surface area contributed by atoms with Crippen molar-refractivity contribution in [1.82, 2.24) is 9.80 Å². The van der Waals surface area contributed by atoms with Crippen LogP contribution in [0.2, 0.25) is 0 Å². The number of ether oxygens (including phenoxy) is 1. The lowest BCUT2D eigenvalue weighted by molar-refractivity contribution is -0.129. The molecule has 3 heterocycles. The topological polar surface area (TPSA) is 65.4 Å². The third-order valence-electron chi connectivity index (χ3n) is 8.28. The number of carbonyl (C=O) groups is 1. The second-order valence-corrected chi connectivity index (χ2v) is 12.0. The van der Waals surface area contributed by atoms with Crippen LogP contribution in [0.3, 0.4) is 0 Å². The number of aliphatic imine (C=N–C) groups is 1. The van der Waals surface area contributed by atoms with Gasteiger partial charge in [0, 0.05) is 61.4 Å². The normalized spacial score (nSPS) is 26.0. The van der Waals surface area contributed by atoms with Crippen LogP contribution in [-0.2, 0) is 9.53 Å². The minimum absolute atomic E-state index is 0. The van der Waals surface area contributed by atoms with Crippen LogP contribution in [0.5, 0.6) is 0 Å². The number of allylic oxidation sites excluding steroid dienone is 7. The molecule has 38 heavy (non-hydrogen) atoms. The van der Waals surface area contributed by atoms with Gasteiger partial charge in [0.05, 0.1) is 13.2 Å². The predicted molar refractivity (Wildman–Crippen MR) is 160 cm³/mol. The second kappa shape index (κ2) is 13.0. The molecule has 6 nitrogen and oxygen atoms in total. The highest BCUT2D eigenvalue weighted by Crippen LogP contribution is 2.58. The Labute approximate surface area is 246 Å². The van der Waals surface area contributed by atoms with Crippen molar-refractivity contribution < 1.29 is 14.6 Å². The van der Waals surface area contributed by atoms with Gasteiger partial charge in [-0.25, -0.2) is 4.79 Å². The maximum atomic E-state index is 11.9. The highest BCUT2D eigenvalue weighted by atomic mass is 35.5. The molecule has 0 aromatic rings. The SMILES string of the molecule is Cl.Cl.O=C(O)C1=NCC2=C(S1)C1=C(C3CCCCC3)C3=CC=C(Cl)C3C1=CN(CCN1CCCOCC1)C2. The molecule has 208 valence electrons. The molecule has 2 fully saturated rings. The molecule has 0 aromatic carbocycles. The number of hydrogen-bond donors (Lipinski definition) is 1. The van der Waals surface area contributed by atoms with Gasteiger partial charge in [-0.3, -0.25) is 9.89 Å². The number of fused-ring (bicyclic) bond motifs is 4. The summed E-state index contributed by atoms with van der Waals surface area (Å²) in [5.74, 6) is -0.349. The van der Waals surface area contributed by atoms with E-state index >= 15 is 0 Å². The van der Waals surface area contributed by atoms with Crippen LogP contribution in [-0.4, -0.2) is 78.4 Å². The molecule has 1 atom stereocenters. The summed E-state index contributed by atoms with van der Waals surface area (Å²) in [7, 11) is 0. The largest absolute Gasteiger partial charge is 0.476 e. The van der Waals surface area contributed by atoms with Gasteiger partial charge in [0.15, 0.2) is 5.04 Å². The van der Waals surface area contributed by atoms with Gasteiger partial charge >= 0.3 is 5.97 Å². The number of aliphatic carboxylic acids is 1. The molecule has 1 N–H and O–H groups in total. The zero-order valence-corrected chi connectivity index (χ0v) is 24.7. The van der Waals surface area contributed by atoms with E-state index in [1.807, 2.05) is 0 Å². The van der Waals surface area contributed by atoms with Crippen molar-refractivity contribution in [1.29, 1.82) is 0 Å². The molecule has 0 amide bonds. The van der Waals surface area contributed by atoms with E-state index < -0.39 is 5.97 Å². The quantitative estimate of drug-likeness (QED) is 0.430. The van der Waals surface area contributed by atoms with Gasteiger partial charge < -0.3 is 14.7 Å². The summed E-state index contributed by atoms with van der Waals surface area (Å²) in [5, 5.41) is 10.9. The maximum absolute atomic E-state index is 11.9. The zero-order valence-electron chi connectivity index (χ0n) is 21.5. The Morgan fingerprint density at radius 3 is 2.68 bits per heavy atom. The van der Waals surface area contributed by atoms with Crippen molar-refractivity contribution in [2.75, 3.05) is 52.5 Å². The first-order valence-electron chi connectivity index (χ1n) is 13.4. The van der Waals surface area contributed by atoms with Crippen LogP contribution in [0, 0.1) is 11.8 Å². The Morgan fingerprint density at radius 1 is 1.08 bits per heavy atom. The number of carboxylic acid groups (broad SMARTS) is 1. The second-order valence-electron chi connectivity index (χ2n) is 10.6. The first-order valence-corrected chi connectivity index (χ1v) is 14.6. The van der Waals surface area contributed by atoms with E-state index in [-0.39, 0.29) is 35.8 Å². The first-order chi connectivity index (χ1) is 17.6. The van der Waals surface area contributed by atoms with Crippen molar-refractivity contribution >= 4 is 59.2 Å². The molecular weight excluding hydrogens is 565 g/mol. The molecule has 1 saturated carbocycles. The lowest BCUT2D eigenvalue weighted by atomic mass is 9.80. The smallest absolute Gasteiger partial charge is 0.361 e. The van der Waals surface area contributed by atoms with Gasteiger partial charge in [-0.1, -0.05) is 48.7 Å². The number of nitrogens with zero attached hydrogens (tertiary/aromatic N) is 3. The van der Waals surface area contributed by atoms with Gasteiger partial charge in [-0.05, 0) is 59.1 Å². The molecule has 0 aromatic heterocycles. The van der Waals surface area contributed by atoms with Crippen molar-refractivity contribution in [3.05, 3.63) is 56.2 Å². The van der Waals surface area contributed by atoms with E-state index in [1.54, 1.807) is 0 Å². The third-order valence-corrected chi connectivity index (χ3v) is 9.82. The third kappa shape index (κ3) is 5.79. The number of halogens is 3. The standard InChI is InChI=1S/C28H34ClN3O3S.2ClH/c29-22-8-7-20-23(18-5-2-1-3-6-18)25-21(24(20)22)17-32(11-10-31-9-4-13-35-14-12-31)16-19-15-30-27(28(33)34)36-26(19)25;;/h7-8,17-18,24H,1-6,9-16H2,(H,33,34);2*1H. The van der Waals surface area contributed by atoms with Gasteiger partial charge in [0.2, 0.25) is 0 Å². The maximum Gasteiger partial charge on any atom is 0.361 e. The summed E-state index contributed by atoms with van der Waals surface area (Å²) < 4.78 is 5.65. The van der Waals surface area contributed by atoms with Crippen LogP contribution in [0.1, 0.15) is 38.5 Å². The first kappa shape index (κ1) is 29.8. The molecule has 3 aliphatic carbocycles. The van der Waals surface area contributed by atoms with E-state index in [4.69, 9.17) is 16.3 Å².